The Kier molecular flexibility index (Phi) is 8.19. The van der Waals surface area contributed by atoms with Crippen molar-refractivity contribution in [2.24, 2.45) is 0 Å². The van der Waals surface area contributed by atoms with Crippen LogP contribution in [0.4, 0.5) is 17.1 Å². The van der Waals surface area contributed by atoms with Crippen LogP contribution >= 0.6 is 0 Å². The Morgan fingerprint density at radius 1 is 0.276 bits per heavy atom. The molecule has 0 aliphatic carbocycles. The molecule has 11 aromatic rings. The number of para-hydroxylation sites is 1. The van der Waals surface area contributed by atoms with Gasteiger partial charge in [0.05, 0.1) is 5.69 Å². The highest BCUT2D eigenvalue weighted by atomic mass is 16.3. The van der Waals surface area contributed by atoms with Gasteiger partial charge in [-0.3, -0.25) is 0 Å². The molecule has 0 aliphatic rings. The summed E-state index contributed by atoms with van der Waals surface area (Å²) in [6, 6.07) is 81.0. The quantitative estimate of drug-likeness (QED) is 0.162. The van der Waals surface area contributed by atoms with Gasteiger partial charge in [0.1, 0.15) is 11.2 Å². The van der Waals surface area contributed by atoms with Gasteiger partial charge in [0, 0.05) is 27.7 Å². The fourth-order valence-electron chi connectivity index (χ4n) is 8.55. The predicted octanol–water partition coefficient (Wildman–Crippen LogP) is 16.0. The second-order valence-corrected chi connectivity index (χ2v) is 14.9. The minimum Gasteiger partial charge on any atom is -0.456 e. The number of hydrogen-bond donors (Lipinski definition) is 0. The van der Waals surface area contributed by atoms with Crippen LogP contribution in [0.15, 0.2) is 229 Å². The summed E-state index contributed by atoms with van der Waals surface area (Å²) < 4.78 is 6.20. The zero-order chi connectivity index (χ0) is 38.4. The molecular formula is C56H37NO. The third kappa shape index (κ3) is 6.00. The van der Waals surface area contributed by atoms with Crippen LogP contribution in [0, 0.1) is 0 Å². The van der Waals surface area contributed by atoms with Gasteiger partial charge in [-0.25, -0.2) is 0 Å². The number of benzene rings is 10. The summed E-state index contributed by atoms with van der Waals surface area (Å²) in [5.74, 6) is 0. The maximum absolute atomic E-state index is 6.20. The van der Waals surface area contributed by atoms with Crippen LogP contribution in [0.25, 0.3) is 88.0 Å². The Bertz CT molecular complexity index is 3280. The Labute approximate surface area is 337 Å². The molecule has 1 aromatic heterocycles. The van der Waals surface area contributed by atoms with Gasteiger partial charge in [0.15, 0.2) is 0 Å². The van der Waals surface area contributed by atoms with Crippen molar-refractivity contribution in [1.82, 2.24) is 0 Å². The summed E-state index contributed by atoms with van der Waals surface area (Å²) in [6.45, 7) is 0. The first-order valence-electron chi connectivity index (χ1n) is 19.8. The van der Waals surface area contributed by atoms with Crippen molar-refractivity contribution in [3.63, 3.8) is 0 Å². The van der Waals surface area contributed by atoms with Crippen molar-refractivity contribution in [2.45, 2.75) is 0 Å². The van der Waals surface area contributed by atoms with E-state index in [-0.39, 0.29) is 0 Å². The van der Waals surface area contributed by atoms with Crippen LogP contribution in [0.3, 0.4) is 0 Å². The molecule has 0 saturated heterocycles. The van der Waals surface area contributed by atoms with Gasteiger partial charge in [0.25, 0.3) is 0 Å². The summed E-state index contributed by atoms with van der Waals surface area (Å²) in [7, 11) is 0. The van der Waals surface area contributed by atoms with Crippen LogP contribution in [-0.2, 0) is 0 Å². The molecule has 0 radical (unpaired) electrons. The zero-order valence-electron chi connectivity index (χ0n) is 31.7. The molecule has 0 atom stereocenters. The lowest BCUT2D eigenvalue weighted by atomic mass is 9.93. The summed E-state index contributed by atoms with van der Waals surface area (Å²) in [6.07, 6.45) is 0. The van der Waals surface area contributed by atoms with E-state index in [0.717, 1.165) is 66.8 Å². The van der Waals surface area contributed by atoms with Crippen LogP contribution in [0.1, 0.15) is 0 Å². The minimum absolute atomic E-state index is 0.895. The average molecular weight is 740 g/mol. The van der Waals surface area contributed by atoms with Crippen LogP contribution in [0.2, 0.25) is 0 Å². The van der Waals surface area contributed by atoms with E-state index in [9.17, 15) is 0 Å². The highest BCUT2D eigenvalue weighted by molar-refractivity contribution is 6.06. The SMILES string of the molecule is c1ccc(-c2ccc(-c3cccc4ccccc34)cc2N(c2ccc(-c3ccc4ccccc4c3)cc2)c2cccc(-c3ccc4oc5ccccc5c4c3)c2)cc1. The standard InChI is InChI=1S/C56H37NO/c1-2-13-41(14-3-1)51-32-28-46(50-22-11-17-40-15-6-7-20-49(40)50)37-54(51)57(47-30-26-39(27-31-47)44-25-24-38-12-4-5-16-42(38)34-44)48-19-10-18-43(35-48)45-29-33-56-53(36-45)52-21-8-9-23-55(52)58-56/h1-37H. The van der Waals surface area contributed by atoms with Crippen LogP contribution in [0.5, 0.6) is 0 Å². The summed E-state index contributed by atoms with van der Waals surface area (Å²) in [4.78, 5) is 2.43. The Balaban J connectivity index is 1.11. The van der Waals surface area contributed by atoms with Crippen LogP contribution < -0.4 is 4.90 Å². The van der Waals surface area contributed by atoms with E-state index >= 15 is 0 Å². The lowest BCUT2D eigenvalue weighted by Crippen LogP contribution is -2.11. The first-order valence-corrected chi connectivity index (χ1v) is 19.8. The molecule has 0 saturated carbocycles. The third-order valence-electron chi connectivity index (χ3n) is 11.4. The molecule has 58 heavy (non-hydrogen) atoms. The summed E-state index contributed by atoms with van der Waals surface area (Å²) >= 11 is 0. The molecule has 0 aliphatic heterocycles. The number of hydrogen-bond acceptors (Lipinski definition) is 2. The molecule has 272 valence electrons. The molecule has 0 amide bonds. The molecule has 0 fully saturated rings. The van der Waals surface area contributed by atoms with Crippen molar-refractivity contribution in [1.29, 1.82) is 0 Å². The molecule has 0 bridgehead atoms. The molecule has 11 rings (SSSR count). The topological polar surface area (TPSA) is 16.4 Å². The smallest absolute Gasteiger partial charge is 0.135 e. The molecule has 2 heteroatoms. The van der Waals surface area contributed by atoms with E-state index in [4.69, 9.17) is 4.42 Å². The first-order chi connectivity index (χ1) is 28.7. The predicted molar refractivity (Wildman–Crippen MR) is 245 cm³/mol. The largest absolute Gasteiger partial charge is 0.456 e. The molecule has 0 spiro atoms. The third-order valence-corrected chi connectivity index (χ3v) is 11.4. The van der Waals surface area contributed by atoms with Crippen LogP contribution in [-0.4, -0.2) is 0 Å². The van der Waals surface area contributed by atoms with E-state index in [0.29, 0.717) is 0 Å². The summed E-state index contributed by atoms with van der Waals surface area (Å²) in [5, 5.41) is 7.19. The van der Waals surface area contributed by atoms with Gasteiger partial charge < -0.3 is 9.32 Å². The Morgan fingerprint density at radius 2 is 0.897 bits per heavy atom. The lowest BCUT2D eigenvalue weighted by molar-refractivity contribution is 0.669. The van der Waals surface area contributed by atoms with E-state index in [2.05, 4.69) is 217 Å². The fourth-order valence-corrected chi connectivity index (χ4v) is 8.55. The highest BCUT2D eigenvalue weighted by Crippen LogP contribution is 2.45. The highest BCUT2D eigenvalue weighted by Gasteiger charge is 2.20. The van der Waals surface area contributed by atoms with Crippen molar-refractivity contribution in [2.75, 3.05) is 4.90 Å². The summed E-state index contributed by atoms with van der Waals surface area (Å²) in [5.41, 5.74) is 14.4. The average Bonchev–Trinajstić information content (AvgIpc) is 3.67. The van der Waals surface area contributed by atoms with Crippen molar-refractivity contribution in [3.8, 4) is 44.5 Å². The molecular weight excluding hydrogens is 703 g/mol. The number of anilines is 3. The second kappa shape index (κ2) is 14.1. The molecule has 10 aromatic carbocycles. The van der Waals surface area contributed by atoms with Gasteiger partial charge in [-0.15, -0.1) is 0 Å². The van der Waals surface area contributed by atoms with E-state index < -0.39 is 0 Å². The number of rotatable bonds is 7. The zero-order valence-corrected chi connectivity index (χ0v) is 31.7. The monoisotopic (exact) mass is 739 g/mol. The van der Waals surface area contributed by atoms with E-state index in [1.54, 1.807) is 0 Å². The first kappa shape index (κ1) is 33.6. The number of fused-ring (bicyclic) bond motifs is 5. The number of nitrogens with zero attached hydrogens (tertiary/aromatic N) is 1. The van der Waals surface area contributed by atoms with E-state index in [1.807, 2.05) is 12.1 Å². The molecule has 0 unspecified atom stereocenters. The Hall–Kier alpha value is -7.68. The van der Waals surface area contributed by atoms with Gasteiger partial charge in [-0.1, -0.05) is 170 Å². The maximum atomic E-state index is 6.20. The molecule has 0 N–H and O–H groups in total. The van der Waals surface area contributed by atoms with Gasteiger partial charge in [-0.05, 0) is 115 Å². The second-order valence-electron chi connectivity index (χ2n) is 14.9. The fraction of sp³-hybridized carbons (Fsp3) is 0. The van der Waals surface area contributed by atoms with Crippen molar-refractivity contribution in [3.05, 3.63) is 224 Å². The van der Waals surface area contributed by atoms with E-state index in [1.165, 1.54) is 38.2 Å². The normalized spacial score (nSPS) is 11.4. The number of furan rings is 1. The lowest BCUT2D eigenvalue weighted by Gasteiger charge is -2.29. The maximum Gasteiger partial charge on any atom is 0.135 e. The van der Waals surface area contributed by atoms with Gasteiger partial charge in [-0.2, -0.15) is 0 Å². The molecule has 1 heterocycles. The Morgan fingerprint density at radius 3 is 1.78 bits per heavy atom. The van der Waals surface area contributed by atoms with Gasteiger partial charge >= 0.3 is 0 Å². The van der Waals surface area contributed by atoms with Crippen molar-refractivity contribution < 1.29 is 4.42 Å². The van der Waals surface area contributed by atoms with Gasteiger partial charge in [0.2, 0.25) is 0 Å². The molecule has 2 nitrogen and oxygen atoms in total. The van der Waals surface area contributed by atoms with Crippen molar-refractivity contribution >= 4 is 60.5 Å². The minimum atomic E-state index is 0.895.